The first-order chi connectivity index (χ1) is 16.9. The van der Waals surface area contributed by atoms with E-state index in [1.165, 1.54) is 12.1 Å². The van der Waals surface area contributed by atoms with Gasteiger partial charge in [0.15, 0.2) is 0 Å². The number of benzene rings is 2. The number of amides is 1. The molecule has 0 aromatic heterocycles. The number of carbonyl (C=O) groups excluding carboxylic acids is 1. The number of nitrogens with zero attached hydrogens (tertiary/aromatic N) is 3. The summed E-state index contributed by atoms with van der Waals surface area (Å²) >= 11 is 0. The van der Waals surface area contributed by atoms with Crippen LogP contribution >= 0.6 is 0 Å². The molecule has 7 heteroatoms. The molecule has 4 rings (SSSR count). The molecule has 5 atom stereocenters. The van der Waals surface area contributed by atoms with Gasteiger partial charge >= 0.3 is 0 Å². The summed E-state index contributed by atoms with van der Waals surface area (Å²) in [5.41, 5.74) is 0.287. The Morgan fingerprint density at radius 2 is 1.64 bits per heavy atom. The van der Waals surface area contributed by atoms with E-state index >= 15 is 0 Å². The SMILES string of the molecule is C[C@@H]1CN(C(=O)[C@@H]2CN(C(C)(C)C)C[C@H]2c2ccc(F)cc2F)C[C@H](C)C1(O)c1ccc(C#N)cc1. The van der Waals surface area contributed by atoms with Crippen LogP contribution in [0, 0.1) is 40.7 Å². The van der Waals surface area contributed by atoms with Crippen molar-refractivity contribution in [2.24, 2.45) is 17.8 Å². The third kappa shape index (κ3) is 4.65. The molecule has 0 aliphatic carbocycles. The summed E-state index contributed by atoms with van der Waals surface area (Å²) in [5.74, 6) is -2.67. The lowest BCUT2D eigenvalue weighted by Crippen LogP contribution is -2.57. The fourth-order valence-electron chi connectivity index (χ4n) is 6.01. The predicted octanol–water partition coefficient (Wildman–Crippen LogP) is 4.65. The molecule has 2 aromatic rings. The minimum atomic E-state index is -1.14. The number of nitriles is 1. The number of likely N-dealkylation sites (tertiary alicyclic amines) is 2. The second kappa shape index (κ2) is 9.57. The summed E-state index contributed by atoms with van der Waals surface area (Å²) in [6.45, 7) is 11.8. The average Bonchev–Trinajstić information content (AvgIpc) is 3.27. The Hall–Kier alpha value is -2.82. The molecule has 0 spiro atoms. The van der Waals surface area contributed by atoms with Crippen LogP contribution < -0.4 is 0 Å². The second-order valence-corrected chi connectivity index (χ2v) is 11.5. The Bertz CT molecular complexity index is 1160. The number of rotatable bonds is 3. The number of carbonyl (C=O) groups is 1. The van der Waals surface area contributed by atoms with Gasteiger partial charge < -0.3 is 10.0 Å². The van der Waals surface area contributed by atoms with Crippen LogP contribution in [0.25, 0.3) is 0 Å². The molecule has 5 nitrogen and oxygen atoms in total. The molecule has 2 aliphatic rings. The van der Waals surface area contributed by atoms with E-state index in [4.69, 9.17) is 5.26 Å². The summed E-state index contributed by atoms with van der Waals surface area (Å²) < 4.78 is 28.5. The van der Waals surface area contributed by atoms with Crippen molar-refractivity contribution in [3.8, 4) is 6.07 Å². The van der Waals surface area contributed by atoms with E-state index in [1.807, 2.05) is 13.8 Å². The molecule has 192 valence electrons. The van der Waals surface area contributed by atoms with E-state index in [0.29, 0.717) is 37.3 Å². The van der Waals surface area contributed by atoms with Crippen LogP contribution in [-0.2, 0) is 10.4 Å². The topological polar surface area (TPSA) is 67.6 Å². The zero-order valence-corrected chi connectivity index (χ0v) is 21.6. The molecule has 2 heterocycles. The summed E-state index contributed by atoms with van der Waals surface area (Å²) in [6.07, 6.45) is 0. The third-order valence-electron chi connectivity index (χ3n) is 8.23. The fraction of sp³-hybridized carbons (Fsp3) is 0.517. The van der Waals surface area contributed by atoms with Crippen LogP contribution in [0.1, 0.15) is 57.2 Å². The number of hydrogen-bond donors (Lipinski definition) is 1. The highest BCUT2D eigenvalue weighted by Crippen LogP contribution is 2.44. The third-order valence-corrected chi connectivity index (χ3v) is 8.23. The van der Waals surface area contributed by atoms with Gasteiger partial charge in [0.1, 0.15) is 11.6 Å². The smallest absolute Gasteiger partial charge is 0.227 e. The van der Waals surface area contributed by atoms with Crippen LogP contribution in [0.3, 0.4) is 0 Å². The number of halogens is 2. The van der Waals surface area contributed by atoms with Crippen molar-refractivity contribution in [1.29, 1.82) is 5.26 Å². The highest BCUT2D eigenvalue weighted by atomic mass is 19.1. The Labute approximate surface area is 212 Å². The van der Waals surface area contributed by atoms with Crippen molar-refractivity contribution in [1.82, 2.24) is 9.80 Å². The Kier molecular flexibility index (Phi) is 6.98. The lowest BCUT2D eigenvalue weighted by atomic mass is 9.70. The first-order valence-electron chi connectivity index (χ1n) is 12.6. The first kappa shape index (κ1) is 26.2. The molecular weight excluding hydrogens is 460 g/mol. The summed E-state index contributed by atoms with van der Waals surface area (Å²) in [6, 6.07) is 12.7. The largest absolute Gasteiger partial charge is 0.384 e. The minimum Gasteiger partial charge on any atom is -0.384 e. The Balaban J connectivity index is 1.60. The molecule has 0 saturated carbocycles. The van der Waals surface area contributed by atoms with Crippen LogP contribution in [0.2, 0.25) is 0 Å². The summed E-state index contributed by atoms with van der Waals surface area (Å²) in [7, 11) is 0. The Morgan fingerprint density at radius 3 is 2.17 bits per heavy atom. The summed E-state index contributed by atoms with van der Waals surface area (Å²) in [4.78, 5) is 17.9. The van der Waals surface area contributed by atoms with Crippen LogP contribution in [0.15, 0.2) is 42.5 Å². The highest BCUT2D eigenvalue weighted by molar-refractivity contribution is 5.81. The molecule has 36 heavy (non-hydrogen) atoms. The van der Waals surface area contributed by atoms with Crippen molar-refractivity contribution in [3.05, 3.63) is 70.8 Å². The van der Waals surface area contributed by atoms with Crippen LogP contribution in [-0.4, -0.2) is 52.5 Å². The normalized spacial score (nSPS) is 29.2. The van der Waals surface area contributed by atoms with Gasteiger partial charge in [-0.1, -0.05) is 32.0 Å². The van der Waals surface area contributed by atoms with Gasteiger partial charge in [-0.3, -0.25) is 9.69 Å². The fourth-order valence-corrected chi connectivity index (χ4v) is 6.01. The molecule has 2 aromatic carbocycles. The second-order valence-electron chi connectivity index (χ2n) is 11.5. The van der Waals surface area contributed by atoms with E-state index in [9.17, 15) is 18.7 Å². The van der Waals surface area contributed by atoms with Crippen molar-refractivity contribution < 1.29 is 18.7 Å². The van der Waals surface area contributed by atoms with Gasteiger partial charge in [0.05, 0.1) is 23.2 Å². The van der Waals surface area contributed by atoms with E-state index in [2.05, 4.69) is 31.7 Å². The Morgan fingerprint density at radius 1 is 1.03 bits per heavy atom. The van der Waals surface area contributed by atoms with Gasteiger partial charge in [-0.25, -0.2) is 8.78 Å². The zero-order valence-electron chi connectivity index (χ0n) is 21.6. The predicted molar refractivity (Wildman–Crippen MR) is 134 cm³/mol. The van der Waals surface area contributed by atoms with Crippen molar-refractivity contribution in [2.45, 2.75) is 51.7 Å². The van der Waals surface area contributed by atoms with Crippen LogP contribution in [0.4, 0.5) is 8.78 Å². The van der Waals surface area contributed by atoms with Gasteiger partial charge in [-0.05, 0) is 50.1 Å². The van der Waals surface area contributed by atoms with Gasteiger partial charge in [0.25, 0.3) is 0 Å². The lowest BCUT2D eigenvalue weighted by Gasteiger charge is -2.48. The van der Waals surface area contributed by atoms with Crippen molar-refractivity contribution in [2.75, 3.05) is 26.2 Å². The molecule has 1 amide bonds. The average molecular weight is 496 g/mol. The molecule has 1 unspecified atom stereocenters. The van der Waals surface area contributed by atoms with Crippen molar-refractivity contribution >= 4 is 5.91 Å². The van der Waals surface area contributed by atoms with Gasteiger partial charge in [-0.2, -0.15) is 5.26 Å². The quantitative estimate of drug-likeness (QED) is 0.673. The maximum Gasteiger partial charge on any atom is 0.227 e. The molecule has 0 radical (unpaired) electrons. The molecule has 1 N–H and O–H groups in total. The van der Waals surface area contributed by atoms with Gasteiger partial charge in [0, 0.05) is 55.5 Å². The number of piperidine rings is 1. The van der Waals surface area contributed by atoms with Crippen molar-refractivity contribution in [3.63, 3.8) is 0 Å². The monoisotopic (exact) mass is 495 g/mol. The van der Waals surface area contributed by atoms with E-state index in [1.54, 1.807) is 29.2 Å². The maximum absolute atomic E-state index is 14.8. The van der Waals surface area contributed by atoms with Gasteiger partial charge in [0.2, 0.25) is 5.91 Å². The highest BCUT2D eigenvalue weighted by Gasteiger charge is 2.50. The number of aliphatic hydroxyl groups is 1. The lowest BCUT2D eigenvalue weighted by molar-refractivity contribution is -0.152. The molecule has 2 saturated heterocycles. The first-order valence-corrected chi connectivity index (χ1v) is 12.6. The standard InChI is InChI=1S/C29H35F2N3O2/c1-18-14-33(15-19(2)29(18,36)21-8-6-20(13-32)7-9-21)27(35)25-17-34(28(3,4)5)16-24(25)23-11-10-22(30)12-26(23)31/h6-12,18-19,24-25,36H,14-17H2,1-5H3/t18-,19+,24-,25+,29?/m0/s1. The van der Waals surface area contributed by atoms with E-state index < -0.39 is 23.2 Å². The van der Waals surface area contributed by atoms with Crippen LogP contribution in [0.5, 0.6) is 0 Å². The molecule has 0 bridgehead atoms. The molecular formula is C29H35F2N3O2. The minimum absolute atomic E-state index is 0.0592. The zero-order chi connectivity index (χ0) is 26.4. The molecule has 2 fully saturated rings. The van der Waals surface area contributed by atoms with Gasteiger partial charge in [-0.15, -0.1) is 0 Å². The number of hydrogen-bond acceptors (Lipinski definition) is 4. The maximum atomic E-state index is 14.8. The van der Waals surface area contributed by atoms with E-state index in [0.717, 1.165) is 11.6 Å². The van der Waals surface area contributed by atoms with E-state index in [-0.39, 0.29) is 29.2 Å². The molecule has 2 aliphatic heterocycles. The summed E-state index contributed by atoms with van der Waals surface area (Å²) in [5, 5.41) is 20.8.